The number of rotatable bonds is 6. The summed E-state index contributed by atoms with van der Waals surface area (Å²) in [6.07, 6.45) is 1.66. The van der Waals surface area contributed by atoms with Crippen molar-refractivity contribution in [2.75, 3.05) is 51.3 Å². The second-order valence-corrected chi connectivity index (χ2v) is 4.92. The summed E-state index contributed by atoms with van der Waals surface area (Å²) in [5.74, 6) is -0.148. The average Bonchev–Trinajstić information content (AvgIpc) is 2.89. The van der Waals surface area contributed by atoms with E-state index in [0.29, 0.717) is 11.7 Å². The molecule has 0 radical (unpaired) electrons. The second kappa shape index (κ2) is 7.42. The van der Waals surface area contributed by atoms with Crippen molar-refractivity contribution >= 4 is 22.4 Å². The number of thiazole rings is 1. The zero-order valence-electron chi connectivity index (χ0n) is 10.2. The van der Waals surface area contributed by atoms with Crippen LogP contribution in [-0.2, 0) is 9.53 Å². The summed E-state index contributed by atoms with van der Waals surface area (Å²) < 4.78 is 5.35. The standard InChI is InChI=1S/C11H18N4O2S/c16-10(14-11-13-3-8-18-11)9-17-7-6-15-4-1-12-2-5-15/h3,8,12H,1-2,4-7,9H2,(H,13,14,16). The number of anilines is 1. The number of nitrogens with one attached hydrogen (secondary N) is 2. The van der Waals surface area contributed by atoms with Gasteiger partial charge in [0.05, 0.1) is 6.61 Å². The van der Waals surface area contributed by atoms with Crippen LogP contribution in [0.1, 0.15) is 0 Å². The van der Waals surface area contributed by atoms with Gasteiger partial charge in [0.1, 0.15) is 6.61 Å². The first-order chi connectivity index (χ1) is 8.84. The van der Waals surface area contributed by atoms with Crippen molar-refractivity contribution in [2.45, 2.75) is 0 Å². The van der Waals surface area contributed by atoms with Crippen LogP contribution in [0.4, 0.5) is 5.13 Å². The van der Waals surface area contributed by atoms with Gasteiger partial charge < -0.3 is 10.1 Å². The fourth-order valence-electron chi connectivity index (χ4n) is 1.73. The van der Waals surface area contributed by atoms with Crippen LogP contribution in [0.5, 0.6) is 0 Å². The third kappa shape index (κ3) is 4.69. The van der Waals surface area contributed by atoms with E-state index < -0.39 is 0 Å². The normalized spacial score (nSPS) is 16.7. The molecule has 1 amide bonds. The molecule has 0 saturated carbocycles. The Balaban J connectivity index is 1.53. The van der Waals surface area contributed by atoms with E-state index in [9.17, 15) is 4.79 Å². The summed E-state index contributed by atoms with van der Waals surface area (Å²) in [5.41, 5.74) is 0. The lowest BCUT2D eigenvalue weighted by Gasteiger charge is -2.26. The minimum Gasteiger partial charge on any atom is -0.370 e. The van der Waals surface area contributed by atoms with Gasteiger partial charge in [-0.05, 0) is 0 Å². The number of hydrogen-bond donors (Lipinski definition) is 2. The van der Waals surface area contributed by atoms with Gasteiger partial charge >= 0.3 is 0 Å². The number of carbonyl (C=O) groups is 1. The predicted molar refractivity (Wildman–Crippen MR) is 70.9 cm³/mol. The fraction of sp³-hybridized carbons (Fsp3) is 0.636. The first-order valence-corrected chi connectivity index (χ1v) is 6.93. The molecule has 0 atom stereocenters. The van der Waals surface area contributed by atoms with Crippen LogP contribution in [-0.4, -0.2) is 61.7 Å². The number of carbonyl (C=O) groups excluding carboxylic acids is 1. The Kier molecular flexibility index (Phi) is 5.53. The third-order valence-electron chi connectivity index (χ3n) is 2.67. The van der Waals surface area contributed by atoms with Crippen molar-refractivity contribution in [1.82, 2.24) is 15.2 Å². The van der Waals surface area contributed by atoms with Gasteiger partial charge in [-0.25, -0.2) is 4.98 Å². The first kappa shape index (κ1) is 13.4. The van der Waals surface area contributed by atoms with Crippen molar-refractivity contribution in [3.05, 3.63) is 11.6 Å². The van der Waals surface area contributed by atoms with Crippen LogP contribution in [0.2, 0.25) is 0 Å². The number of hydrogen-bond acceptors (Lipinski definition) is 6. The monoisotopic (exact) mass is 270 g/mol. The molecule has 1 saturated heterocycles. The van der Waals surface area contributed by atoms with Crippen molar-refractivity contribution < 1.29 is 9.53 Å². The van der Waals surface area contributed by atoms with Gasteiger partial charge in [0.25, 0.3) is 5.91 Å². The van der Waals surface area contributed by atoms with E-state index in [1.165, 1.54) is 11.3 Å². The van der Waals surface area contributed by atoms with Crippen molar-refractivity contribution in [3.63, 3.8) is 0 Å². The lowest BCUT2D eigenvalue weighted by molar-refractivity contribution is -0.120. The molecule has 2 rings (SSSR count). The van der Waals surface area contributed by atoms with Gasteiger partial charge in [0.15, 0.2) is 5.13 Å². The van der Waals surface area contributed by atoms with Gasteiger partial charge in [-0.2, -0.15) is 0 Å². The van der Waals surface area contributed by atoms with E-state index in [-0.39, 0.29) is 12.5 Å². The Hall–Kier alpha value is -1.02. The van der Waals surface area contributed by atoms with Gasteiger partial charge in [-0.1, -0.05) is 0 Å². The first-order valence-electron chi connectivity index (χ1n) is 6.05. The van der Waals surface area contributed by atoms with E-state index in [1.54, 1.807) is 6.20 Å². The third-order valence-corrected chi connectivity index (χ3v) is 3.36. The molecule has 6 nitrogen and oxygen atoms in total. The maximum absolute atomic E-state index is 11.5. The van der Waals surface area contributed by atoms with Crippen molar-refractivity contribution in [1.29, 1.82) is 0 Å². The largest absolute Gasteiger partial charge is 0.370 e. The summed E-state index contributed by atoms with van der Waals surface area (Å²) >= 11 is 1.40. The number of aromatic nitrogens is 1. The molecule has 1 aliphatic heterocycles. The lowest BCUT2D eigenvalue weighted by Crippen LogP contribution is -2.44. The number of piperazine rings is 1. The SMILES string of the molecule is O=C(COCCN1CCNCC1)Nc1nccs1. The molecule has 0 unspecified atom stereocenters. The number of nitrogens with zero attached hydrogens (tertiary/aromatic N) is 2. The smallest absolute Gasteiger partial charge is 0.252 e. The molecule has 1 fully saturated rings. The van der Waals surface area contributed by atoms with Crippen LogP contribution >= 0.6 is 11.3 Å². The highest BCUT2D eigenvalue weighted by atomic mass is 32.1. The summed E-state index contributed by atoms with van der Waals surface area (Å²) in [6.45, 7) is 5.72. The predicted octanol–water partition coefficient (Wildman–Crippen LogP) is 0.00340. The second-order valence-electron chi connectivity index (χ2n) is 4.03. The van der Waals surface area contributed by atoms with Gasteiger partial charge in [-0.15, -0.1) is 11.3 Å². The minimum absolute atomic E-state index is 0.0890. The molecule has 2 N–H and O–H groups in total. The Labute approximate surface area is 110 Å². The van der Waals surface area contributed by atoms with E-state index in [0.717, 1.165) is 32.7 Å². The van der Waals surface area contributed by atoms with Crippen molar-refractivity contribution in [3.8, 4) is 0 Å². The Morgan fingerprint density at radius 3 is 3.11 bits per heavy atom. The highest BCUT2D eigenvalue weighted by Gasteiger charge is 2.09. The molecule has 2 heterocycles. The minimum atomic E-state index is -0.148. The molecular weight excluding hydrogens is 252 g/mol. The summed E-state index contributed by atoms with van der Waals surface area (Å²) in [4.78, 5) is 17.8. The van der Waals surface area contributed by atoms with E-state index in [1.807, 2.05) is 5.38 Å². The Morgan fingerprint density at radius 1 is 1.56 bits per heavy atom. The average molecular weight is 270 g/mol. The molecule has 0 aliphatic carbocycles. The van der Waals surface area contributed by atoms with Gasteiger partial charge in [0.2, 0.25) is 0 Å². The Bertz CT molecular complexity index is 352. The zero-order chi connectivity index (χ0) is 12.6. The molecule has 1 aromatic heterocycles. The molecule has 0 spiro atoms. The molecule has 100 valence electrons. The molecule has 1 aromatic rings. The van der Waals surface area contributed by atoms with E-state index in [2.05, 4.69) is 20.5 Å². The van der Waals surface area contributed by atoms with Crippen LogP contribution in [0.15, 0.2) is 11.6 Å². The van der Waals surface area contributed by atoms with Crippen LogP contribution in [0, 0.1) is 0 Å². The van der Waals surface area contributed by atoms with Crippen LogP contribution < -0.4 is 10.6 Å². The molecule has 1 aliphatic rings. The molecule has 0 bridgehead atoms. The highest BCUT2D eigenvalue weighted by Crippen LogP contribution is 2.09. The quantitative estimate of drug-likeness (QED) is 0.713. The zero-order valence-corrected chi connectivity index (χ0v) is 11.0. The summed E-state index contributed by atoms with van der Waals surface area (Å²) in [6, 6.07) is 0. The van der Waals surface area contributed by atoms with Gasteiger partial charge in [0, 0.05) is 44.3 Å². The lowest BCUT2D eigenvalue weighted by atomic mass is 10.4. The topological polar surface area (TPSA) is 66.5 Å². The molecule has 18 heavy (non-hydrogen) atoms. The van der Waals surface area contributed by atoms with Crippen LogP contribution in [0.3, 0.4) is 0 Å². The van der Waals surface area contributed by atoms with Crippen LogP contribution in [0.25, 0.3) is 0 Å². The van der Waals surface area contributed by atoms with Gasteiger partial charge in [-0.3, -0.25) is 15.0 Å². The van der Waals surface area contributed by atoms with E-state index >= 15 is 0 Å². The summed E-state index contributed by atoms with van der Waals surface area (Å²) in [7, 11) is 0. The fourth-order valence-corrected chi connectivity index (χ4v) is 2.28. The molecular formula is C11H18N4O2S. The Morgan fingerprint density at radius 2 is 2.39 bits per heavy atom. The van der Waals surface area contributed by atoms with Crippen molar-refractivity contribution in [2.24, 2.45) is 0 Å². The molecule has 7 heteroatoms. The van der Waals surface area contributed by atoms with E-state index in [4.69, 9.17) is 4.74 Å². The maximum atomic E-state index is 11.5. The maximum Gasteiger partial charge on any atom is 0.252 e. The number of amides is 1. The summed E-state index contributed by atoms with van der Waals surface area (Å²) in [5, 5.41) is 8.41. The molecule has 0 aromatic carbocycles. The number of ether oxygens (including phenoxy) is 1. The highest BCUT2D eigenvalue weighted by molar-refractivity contribution is 7.13.